The van der Waals surface area contributed by atoms with E-state index in [1.165, 1.54) is 6.20 Å². The summed E-state index contributed by atoms with van der Waals surface area (Å²) in [5.41, 5.74) is 2.40. The van der Waals surface area contributed by atoms with Gasteiger partial charge in [0.1, 0.15) is 11.5 Å². The molecule has 134 valence electrons. The minimum Gasteiger partial charge on any atom is -0.495 e. The second kappa shape index (κ2) is 7.88. The summed E-state index contributed by atoms with van der Waals surface area (Å²) in [6.45, 7) is 1.92. The largest absolute Gasteiger partial charge is 0.495 e. The molecule has 0 saturated carbocycles. The third-order valence-corrected chi connectivity index (χ3v) is 4.06. The van der Waals surface area contributed by atoms with Gasteiger partial charge in [-0.15, -0.1) is 5.10 Å². The molecule has 0 unspecified atom stereocenters. The van der Waals surface area contributed by atoms with Crippen LogP contribution in [0.1, 0.15) is 5.56 Å². The van der Waals surface area contributed by atoms with E-state index in [0.717, 1.165) is 16.9 Å². The highest BCUT2D eigenvalue weighted by Gasteiger charge is 2.10. The maximum absolute atomic E-state index is 6.14. The molecule has 0 aliphatic carbocycles. The Kier molecular flexibility index (Phi) is 5.38. The summed E-state index contributed by atoms with van der Waals surface area (Å²) in [6.07, 6.45) is 1.52. The molecule has 0 saturated heterocycles. The normalized spacial score (nSPS) is 10.3. The van der Waals surface area contributed by atoms with Crippen molar-refractivity contribution in [2.24, 2.45) is 0 Å². The molecule has 3 rings (SSSR count). The zero-order chi connectivity index (χ0) is 18.5. The SMILES string of the molecule is COc1cc(Cl)c(C)cc1Nc1cnnc(Nc2ccccc2OC)n1. The number of halogens is 1. The molecule has 7 nitrogen and oxygen atoms in total. The molecule has 0 fully saturated rings. The van der Waals surface area contributed by atoms with Crippen molar-refractivity contribution >= 4 is 34.7 Å². The molecule has 3 aromatic rings. The van der Waals surface area contributed by atoms with E-state index in [1.807, 2.05) is 37.3 Å². The van der Waals surface area contributed by atoms with Crippen molar-refractivity contribution in [1.82, 2.24) is 15.2 Å². The van der Waals surface area contributed by atoms with Crippen molar-refractivity contribution in [3.05, 3.63) is 53.2 Å². The fraction of sp³-hybridized carbons (Fsp3) is 0.167. The summed E-state index contributed by atoms with van der Waals surface area (Å²) in [5, 5.41) is 14.9. The third-order valence-electron chi connectivity index (χ3n) is 3.66. The molecule has 0 bridgehead atoms. The van der Waals surface area contributed by atoms with Gasteiger partial charge >= 0.3 is 0 Å². The maximum atomic E-state index is 6.14. The first-order chi connectivity index (χ1) is 12.6. The van der Waals surface area contributed by atoms with Crippen molar-refractivity contribution in [3.8, 4) is 11.5 Å². The number of nitrogens with one attached hydrogen (secondary N) is 2. The van der Waals surface area contributed by atoms with Crippen LogP contribution in [0.3, 0.4) is 0 Å². The maximum Gasteiger partial charge on any atom is 0.249 e. The van der Waals surface area contributed by atoms with Gasteiger partial charge in [0.25, 0.3) is 0 Å². The predicted octanol–water partition coefficient (Wildman–Crippen LogP) is 4.34. The Morgan fingerprint density at radius 2 is 1.73 bits per heavy atom. The van der Waals surface area contributed by atoms with Crippen molar-refractivity contribution < 1.29 is 9.47 Å². The van der Waals surface area contributed by atoms with Crippen LogP contribution in [0.5, 0.6) is 11.5 Å². The number of ether oxygens (including phenoxy) is 2. The molecule has 0 atom stereocenters. The number of nitrogens with zero attached hydrogens (tertiary/aromatic N) is 3. The van der Waals surface area contributed by atoms with Gasteiger partial charge in [-0.1, -0.05) is 23.7 Å². The van der Waals surface area contributed by atoms with Gasteiger partial charge in [-0.05, 0) is 30.7 Å². The van der Waals surface area contributed by atoms with Gasteiger partial charge in [-0.2, -0.15) is 10.1 Å². The van der Waals surface area contributed by atoms with Gasteiger partial charge in [0.05, 0.1) is 31.8 Å². The minimum atomic E-state index is 0.337. The number of anilines is 4. The number of hydrogen-bond donors (Lipinski definition) is 2. The molecule has 26 heavy (non-hydrogen) atoms. The van der Waals surface area contributed by atoms with Crippen LogP contribution >= 0.6 is 11.6 Å². The highest BCUT2D eigenvalue weighted by atomic mass is 35.5. The van der Waals surface area contributed by atoms with Gasteiger partial charge in [-0.25, -0.2) is 0 Å². The Hall–Kier alpha value is -3.06. The number of para-hydroxylation sites is 2. The van der Waals surface area contributed by atoms with Crippen LogP contribution in [0.4, 0.5) is 23.1 Å². The molecule has 8 heteroatoms. The molecule has 0 aliphatic heterocycles. The summed E-state index contributed by atoms with van der Waals surface area (Å²) >= 11 is 6.14. The van der Waals surface area contributed by atoms with Crippen molar-refractivity contribution in [3.63, 3.8) is 0 Å². The first-order valence-electron chi connectivity index (χ1n) is 7.81. The van der Waals surface area contributed by atoms with E-state index in [4.69, 9.17) is 21.1 Å². The minimum absolute atomic E-state index is 0.337. The quantitative estimate of drug-likeness (QED) is 0.667. The Morgan fingerprint density at radius 3 is 2.50 bits per heavy atom. The van der Waals surface area contributed by atoms with E-state index >= 15 is 0 Å². The van der Waals surface area contributed by atoms with Crippen LogP contribution in [0.25, 0.3) is 0 Å². The van der Waals surface area contributed by atoms with Crippen LogP contribution in [0.15, 0.2) is 42.6 Å². The average Bonchev–Trinajstić information content (AvgIpc) is 2.65. The monoisotopic (exact) mass is 371 g/mol. The molecule has 0 amide bonds. The number of aryl methyl sites for hydroxylation is 1. The molecule has 1 heterocycles. The smallest absolute Gasteiger partial charge is 0.249 e. The van der Waals surface area contributed by atoms with E-state index in [-0.39, 0.29) is 0 Å². The van der Waals surface area contributed by atoms with Crippen LogP contribution < -0.4 is 20.1 Å². The van der Waals surface area contributed by atoms with Crippen LogP contribution in [0.2, 0.25) is 5.02 Å². The van der Waals surface area contributed by atoms with Crippen molar-refractivity contribution in [2.75, 3.05) is 24.9 Å². The van der Waals surface area contributed by atoms with Gasteiger partial charge in [0.2, 0.25) is 5.95 Å². The summed E-state index contributed by atoms with van der Waals surface area (Å²) in [4.78, 5) is 4.43. The number of rotatable bonds is 6. The summed E-state index contributed by atoms with van der Waals surface area (Å²) in [5.74, 6) is 2.14. The third kappa shape index (κ3) is 3.94. The molecule has 2 aromatic carbocycles. The van der Waals surface area contributed by atoms with E-state index in [0.29, 0.717) is 28.3 Å². The van der Waals surface area contributed by atoms with E-state index in [1.54, 1.807) is 20.3 Å². The fourth-order valence-electron chi connectivity index (χ4n) is 2.35. The molecule has 2 N–H and O–H groups in total. The number of methoxy groups -OCH3 is 2. The predicted molar refractivity (Wildman–Crippen MR) is 102 cm³/mol. The zero-order valence-corrected chi connectivity index (χ0v) is 15.3. The van der Waals surface area contributed by atoms with Crippen LogP contribution in [0, 0.1) is 6.92 Å². The first-order valence-corrected chi connectivity index (χ1v) is 8.19. The van der Waals surface area contributed by atoms with Crippen LogP contribution in [-0.4, -0.2) is 29.4 Å². The molecular weight excluding hydrogens is 354 g/mol. The van der Waals surface area contributed by atoms with Gasteiger partial charge < -0.3 is 20.1 Å². The Balaban J connectivity index is 1.85. The van der Waals surface area contributed by atoms with Gasteiger partial charge in [-0.3, -0.25) is 0 Å². The lowest BCUT2D eigenvalue weighted by atomic mass is 10.2. The number of aromatic nitrogens is 3. The summed E-state index contributed by atoms with van der Waals surface area (Å²) in [7, 11) is 3.19. The van der Waals surface area contributed by atoms with E-state index in [2.05, 4.69) is 25.8 Å². The molecule has 1 aromatic heterocycles. The standard InChI is InChI=1S/C18H18ClN5O2/c1-11-8-14(16(26-3)9-12(11)19)21-17-10-20-24-18(23-17)22-13-6-4-5-7-15(13)25-2/h4-10H,1-3H3,(H2,21,22,23,24). The van der Waals surface area contributed by atoms with E-state index < -0.39 is 0 Å². The highest BCUT2D eigenvalue weighted by Crippen LogP contribution is 2.33. The number of benzene rings is 2. The molecule has 0 aliphatic rings. The zero-order valence-electron chi connectivity index (χ0n) is 14.6. The van der Waals surface area contributed by atoms with Crippen molar-refractivity contribution in [1.29, 1.82) is 0 Å². The first kappa shape index (κ1) is 17.8. The topological polar surface area (TPSA) is 81.2 Å². The Morgan fingerprint density at radius 1 is 0.962 bits per heavy atom. The summed E-state index contributed by atoms with van der Waals surface area (Å²) < 4.78 is 10.7. The molecular formula is C18H18ClN5O2. The van der Waals surface area contributed by atoms with Crippen LogP contribution in [-0.2, 0) is 0 Å². The second-order valence-electron chi connectivity index (χ2n) is 5.42. The lowest BCUT2D eigenvalue weighted by Gasteiger charge is -2.13. The molecule has 0 spiro atoms. The fourth-order valence-corrected chi connectivity index (χ4v) is 2.51. The second-order valence-corrected chi connectivity index (χ2v) is 5.82. The van der Waals surface area contributed by atoms with Gasteiger partial charge in [0.15, 0.2) is 5.82 Å². The van der Waals surface area contributed by atoms with Gasteiger partial charge in [0, 0.05) is 11.1 Å². The van der Waals surface area contributed by atoms with E-state index in [9.17, 15) is 0 Å². The highest BCUT2D eigenvalue weighted by molar-refractivity contribution is 6.31. The Labute approximate surface area is 156 Å². The lowest BCUT2D eigenvalue weighted by molar-refractivity contribution is 0.416. The van der Waals surface area contributed by atoms with Crippen molar-refractivity contribution in [2.45, 2.75) is 6.92 Å². The lowest BCUT2D eigenvalue weighted by Crippen LogP contribution is -2.04. The number of hydrogen-bond acceptors (Lipinski definition) is 7. The molecule has 0 radical (unpaired) electrons. The Bertz CT molecular complexity index is 920. The summed E-state index contributed by atoms with van der Waals surface area (Å²) in [6, 6.07) is 11.1. The average molecular weight is 372 g/mol.